The Morgan fingerprint density at radius 3 is 2.36 bits per heavy atom. The maximum Gasteiger partial charge on any atom is 0.256 e. The standard InChI is InChI=1S/C16H18BrNO4/c1-8-4-11(17)5-9(2)12(8)13-14(19)16(18-15(13)20)6-21-10(3)22-7-16/h4-5,10,19H,6-7H2,1-3H3,(H,18,20). The molecule has 0 saturated carbocycles. The van der Waals surface area contributed by atoms with Gasteiger partial charge in [-0.3, -0.25) is 4.79 Å². The lowest BCUT2D eigenvalue weighted by Gasteiger charge is -2.35. The molecule has 0 atom stereocenters. The van der Waals surface area contributed by atoms with Gasteiger partial charge in [-0.1, -0.05) is 15.9 Å². The lowest BCUT2D eigenvalue weighted by atomic mass is 9.92. The fourth-order valence-corrected chi connectivity index (χ4v) is 3.73. The molecular formula is C16H18BrNO4. The van der Waals surface area contributed by atoms with E-state index in [1.54, 1.807) is 6.92 Å². The molecular weight excluding hydrogens is 350 g/mol. The Balaban J connectivity index is 2.10. The molecule has 0 radical (unpaired) electrons. The van der Waals surface area contributed by atoms with Crippen molar-refractivity contribution >= 4 is 27.4 Å². The molecule has 0 bridgehead atoms. The van der Waals surface area contributed by atoms with Crippen molar-refractivity contribution in [3.05, 3.63) is 39.1 Å². The van der Waals surface area contributed by atoms with E-state index >= 15 is 0 Å². The Bertz CT molecular complexity index is 652. The summed E-state index contributed by atoms with van der Waals surface area (Å²) in [5.41, 5.74) is 1.93. The molecule has 1 spiro atoms. The van der Waals surface area contributed by atoms with Crippen molar-refractivity contribution in [1.82, 2.24) is 5.32 Å². The summed E-state index contributed by atoms with van der Waals surface area (Å²) in [6.07, 6.45) is -0.337. The molecule has 5 nitrogen and oxygen atoms in total. The number of amides is 1. The minimum Gasteiger partial charge on any atom is -0.509 e. The fraction of sp³-hybridized carbons (Fsp3) is 0.438. The zero-order valence-corrected chi connectivity index (χ0v) is 14.3. The van der Waals surface area contributed by atoms with Crippen LogP contribution in [0.1, 0.15) is 23.6 Å². The molecule has 6 heteroatoms. The van der Waals surface area contributed by atoms with Crippen LogP contribution in [0.2, 0.25) is 0 Å². The third-order valence-electron chi connectivity index (χ3n) is 4.15. The van der Waals surface area contributed by atoms with E-state index < -0.39 is 5.54 Å². The molecule has 1 amide bonds. The Morgan fingerprint density at radius 1 is 1.27 bits per heavy atom. The lowest BCUT2D eigenvalue weighted by Crippen LogP contribution is -2.56. The lowest BCUT2D eigenvalue weighted by molar-refractivity contribution is -0.199. The van der Waals surface area contributed by atoms with Crippen LogP contribution >= 0.6 is 15.9 Å². The van der Waals surface area contributed by atoms with Crippen LogP contribution in [0.25, 0.3) is 5.57 Å². The number of aliphatic hydroxyl groups is 1. The number of rotatable bonds is 1. The zero-order valence-electron chi connectivity index (χ0n) is 12.7. The summed E-state index contributed by atoms with van der Waals surface area (Å²) in [6, 6.07) is 3.85. The van der Waals surface area contributed by atoms with Crippen LogP contribution in [-0.4, -0.2) is 36.1 Å². The van der Waals surface area contributed by atoms with E-state index in [4.69, 9.17) is 9.47 Å². The number of carbonyl (C=O) groups is 1. The smallest absolute Gasteiger partial charge is 0.256 e. The Morgan fingerprint density at radius 2 is 1.82 bits per heavy atom. The van der Waals surface area contributed by atoms with Crippen molar-refractivity contribution in [3.8, 4) is 0 Å². The number of hydrogen-bond donors (Lipinski definition) is 2. The highest BCUT2D eigenvalue weighted by Crippen LogP contribution is 2.37. The fourth-order valence-electron chi connectivity index (χ4n) is 3.04. The predicted molar refractivity (Wildman–Crippen MR) is 85.4 cm³/mol. The summed E-state index contributed by atoms with van der Waals surface area (Å²) in [6.45, 7) is 6.02. The van der Waals surface area contributed by atoms with E-state index in [0.717, 1.165) is 21.2 Å². The van der Waals surface area contributed by atoms with Crippen LogP contribution in [0.5, 0.6) is 0 Å². The second-order valence-corrected chi connectivity index (χ2v) is 6.78. The number of halogens is 1. The average Bonchev–Trinajstić information content (AvgIpc) is 2.66. The quantitative estimate of drug-likeness (QED) is 0.800. The number of benzene rings is 1. The predicted octanol–water partition coefficient (Wildman–Crippen LogP) is 2.60. The molecule has 2 aliphatic heterocycles. The molecule has 1 aromatic carbocycles. The summed E-state index contributed by atoms with van der Waals surface area (Å²) in [5.74, 6) is -0.300. The van der Waals surface area contributed by atoms with Crippen molar-refractivity contribution in [2.45, 2.75) is 32.6 Å². The summed E-state index contributed by atoms with van der Waals surface area (Å²) in [7, 11) is 0. The van der Waals surface area contributed by atoms with Crippen molar-refractivity contribution < 1.29 is 19.4 Å². The van der Waals surface area contributed by atoms with Gasteiger partial charge in [0.15, 0.2) is 6.29 Å². The van der Waals surface area contributed by atoms with Gasteiger partial charge in [0.05, 0.1) is 18.8 Å². The summed E-state index contributed by atoms with van der Waals surface area (Å²) in [5, 5.41) is 13.5. The van der Waals surface area contributed by atoms with E-state index in [-0.39, 0.29) is 31.2 Å². The van der Waals surface area contributed by atoms with Gasteiger partial charge in [-0.25, -0.2) is 0 Å². The summed E-state index contributed by atoms with van der Waals surface area (Å²) >= 11 is 3.44. The van der Waals surface area contributed by atoms with Gasteiger partial charge in [0, 0.05) is 4.47 Å². The van der Waals surface area contributed by atoms with E-state index in [2.05, 4.69) is 21.2 Å². The highest BCUT2D eigenvalue weighted by atomic mass is 79.9. The second-order valence-electron chi connectivity index (χ2n) is 5.86. The number of ether oxygens (including phenoxy) is 2. The van der Waals surface area contributed by atoms with Crippen molar-refractivity contribution in [2.75, 3.05) is 13.2 Å². The number of carbonyl (C=O) groups excluding carboxylic acids is 1. The molecule has 118 valence electrons. The van der Waals surface area contributed by atoms with Crippen LogP contribution in [0.15, 0.2) is 22.4 Å². The largest absolute Gasteiger partial charge is 0.509 e. The molecule has 22 heavy (non-hydrogen) atoms. The molecule has 3 rings (SSSR count). The molecule has 2 heterocycles. The van der Waals surface area contributed by atoms with Crippen LogP contribution in [0.3, 0.4) is 0 Å². The van der Waals surface area contributed by atoms with Crippen LogP contribution < -0.4 is 5.32 Å². The van der Waals surface area contributed by atoms with Gasteiger partial charge < -0.3 is 19.9 Å². The van der Waals surface area contributed by atoms with Crippen LogP contribution in [-0.2, 0) is 14.3 Å². The van der Waals surface area contributed by atoms with Gasteiger partial charge in [0.1, 0.15) is 11.3 Å². The maximum atomic E-state index is 12.5. The maximum absolute atomic E-state index is 12.5. The molecule has 0 aliphatic carbocycles. The first-order chi connectivity index (χ1) is 10.3. The van der Waals surface area contributed by atoms with Crippen molar-refractivity contribution in [2.24, 2.45) is 0 Å². The molecule has 1 aromatic rings. The molecule has 2 aliphatic rings. The molecule has 2 N–H and O–H groups in total. The Hall–Kier alpha value is -1.37. The van der Waals surface area contributed by atoms with Gasteiger partial charge in [0.2, 0.25) is 0 Å². The molecule has 0 aromatic heterocycles. The first-order valence-corrected chi connectivity index (χ1v) is 7.90. The molecule has 0 unspecified atom stereocenters. The third kappa shape index (κ3) is 2.35. The van der Waals surface area contributed by atoms with Gasteiger partial charge in [-0.15, -0.1) is 0 Å². The normalized spacial score (nSPS) is 28.4. The third-order valence-corrected chi connectivity index (χ3v) is 4.60. The van der Waals surface area contributed by atoms with Gasteiger partial charge in [-0.05, 0) is 49.6 Å². The van der Waals surface area contributed by atoms with E-state index in [1.165, 1.54) is 0 Å². The topological polar surface area (TPSA) is 67.8 Å². The second kappa shape index (κ2) is 5.37. The van der Waals surface area contributed by atoms with Crippen LogP contribution in [0, 0.1) is 13.8 Å². The van der Waals surface area contributed by atoms with E-state index in [0.29, 0.717) is 5.57 Å². The Labute approximate surface area is 137 Å². The zero-order chi connectivity index (χ0) is 16.1. The molecule has 1 fully saturated rings. The monoisotopic (exact) mass is 367 g/mol. The van der Waals surface area contributed by atoms with E-state index in [9.17, 15) is 9.90 Å². The first kappa shape index (κ1) is 15.5. The number of nitrogens with one attached hydrogen (secondary N) is 1. The average molecular weight is 368 g/mol. The SMILES string of the molecule is Cc1cc(Br)cc(C)c1C1=C(O)C2(COC(C)OC2)NC1=O. The summed E-state index contributed by atoms with van der Waals surface area (Å²) < 4.78 is 11.9. The van der Waals surface area contributed by atoms with E-state index in [1.807, 2.05) is 26.0 Å². The minimum absolute atomic E-state index is 0.00192. The van der Waals surface area contributed by atoms with Gasteiger partial charge in [-0.2, -0.15) is 0 Å². The van der Waals surface area contributed by atoms with Gasteiger partial charge >= 0.3 is 0 Å². The Kier molecular flexibility index (Phi) is 3.79. The van der Waals surface area contributed by atoms with Crippen molar-refractivity contribution in [1.29, 1.82) is 0 Å². The number of hydrogen-bond acceptors (Lipinski definition) is 4. The number of aryl methyl sites for hydroxylation is 2. The first-order valence-electron chi connectivity index (χ1n) is 7.10. The van der Waals surface area contributed by atoms with Gasteiger partial charge in [0.25, 0.3) is 5.91 Å². The highest BCUT2D eigenvalue weighted by Gasteiger charge is 2.49. The van der Waals surface area contributed by atoms with Crippen molar-refractivity contribution in [3.63, 3.8) is 0 Å². The number of aliphatic hydroxyl groups excluding tert-OH is 1. The summed E-state index contributed by atoms with van der Waals surface area (Å²) in [4.78, 5) is 12.5. The minimum atomic E-state index is -0.981. The van der Waals surface area contributed by atoms with Crippen LogP contribution in [0.4, 0.5) is 0 Å². The molecule has 1 saturated heterocycles. The highest BCUT2D eigenvalue weighted by molar-refractivity contribution is 9.10.